The topological polar surface area (TPSA) is 95.6 Å². The van der Waals surface area contributed by atoms with E-state index in [0.717, 1.165) is 5.56 Å². The van der Waals surface area contributed by atoms with Crippen molar-refractivity contribution in [3.05, 3.63) is 23.8 Å². The Morgan fingerprint density at radius 1 is 1.56 bits per heavy atom. The summed E-state index contributed by atoms with van der Waals surface area (Å²) in [4.78, 5) is 11.6. The van der Waals surface area contributed by atoms with Crippen molar-refractivity contribution < 1.29 is 15.0 Å². The summed E-state index contributed by atoms with van der Waals surface area (Å²) in [7, 11) is 0. The molecule has 0 saturated carbocycles. The zero-order chi connectivity index (χ0) is 13.5. The Hall–Kier alpha value is -1.24. The molecule has 0 aliphatic carbocycles. The molecule has 1 rings (SSSR count). The summed E-state index contributed by atoms with van der Waals surface area (Å²) in [5.74, 6) is 0.401. The third-order valence-electron chi connectivity index (χ3n) is 2.32. The van der Waals surface area contributed by atoms with Gasteiger partial charge in [-0.15, -0.1) is 11.8 Å². The smallest absolute Gasteiger partial charge is 0.234 e. The van der Waals surface area contributed by atoms with Gasteiger partial charge in [-0.2, -0.15) is 0 Å². The molecule has 0 aliphatic heterocycles. The molecule has 0 fully saturated rings. The van der Waals surface area contributed by atoms with Crippen molar-refractivity contribution in [2.75, 3.05) is 29.2 Å². The van der Waals surface area contributed by atoms with Gasteiger partial charge in [-0.25, -0.2) is 0 Å². The van der Waals surface area contributed by atoms with E-state index in [0.29, 0.717) is 17.1 Å². The number of benzene rings is 1. The molecule has 1 unspecified atom stereocenters. The lowest BCUT2D eigenvalue weighted by atomic mass is 10.2. The molecule has 1 aromatic rings. The van der Waals surface area contributed by atoms with Crippen LogP contribution in [-0.2, 0) is 4.79 Å². The summed E-state index contributed by atoms with van der Waals surface area (Å²) in [6.45, 7) is 1.61. The summed E-state index contributed by atoms with van der Waals surface area (Å²) in [6, 6.07) is 5.34. The molecular formula is C12H18N2O3S. The molecule has 0 heterocycles. The second-order valence-electron chi connectivity index (χ2n) is 3.97. The molecule has 1 aromatic carbocycles. The zero-order valence-corrected chi connectivity index (χ0v) is 11.0. The highest BCUT2D eigenvalue weighted by atomic mass is 32.2. The van der Waals surface area contributed by atoms with E-state index in [2.05, 4.69) is 5.32 Å². The van der Waals surface area contributed by atoms with E-state index < -0.39 is 6.10 Å². The maximum Gasteiger partial charge on any atom is 0.234 e. The second kappa shape index (κ2) is 7.25. The van der Waals surface area contributed by atoms with Gasteiger partial charge >= 0.3 is 0 Å². The molecule has 0 spiro atoms. The minimum atomic E-state index is -0.780. The van der Waals surface area contributed by atoms with Crippen LogP contribution in [0.5, 0.6) is 0 Å². The average Bonchev–Trinajstić information content (AvgIpc) is 2.33. The lowest BCUT2D eigenvalue weighted by Crippen LogP contribution is -2.19. The number of hydrogen-bond acceptors (Lipinski definition) is 5. The fourth-order valence-corrected chi connectivity index (χ4v) is 2.01. The summed E-state index contributed by atoms with van der Waals surface area (Å²) in [6.07, 6.45) is -0.780. The van der Waals surface area contributed by atoms with Gasteiger partial charge in [0.2, 0.25) is 5.91 Å². The highest BCUT2D eigenvalue weighted by Crippen LogP contribution is 2.17. The molecule has 0 saturated heterocycles. The van der Waals surface area contributed by atoms with Gasteiger partial charge in [0.25, 0.3) is 0 Å². The number of thioether (sulfide) groups is 1. The predicted molar refractivity (Wildman–Crippen MR) is 74.6 cm³/mol. The Balaban J connectivity index is 2.38. The number of carbonyl (C=O) groups is 1. The van der Waals surface area contributed by atoms with Crippen LogP contribution in [0.3, 0.4) is 0 Å². The van der Waals surface area contributed by atoms with E-state index in [1.165, 1.54) is 11.8 Å². The SMILES string of the molecule is Cc1ccc(NC(=O)CSCC(O)CO)cc1N. The predicted octanol–water partition coefficient (Wildman–Crippen LogP) is 0.602. The number of aliphatic hydroxyl groups is 2. The van der Waals surface area contributed by atoms with Crippen LogP contribution in [0.1, 0.15) is 5.56 Å². The van der Waals surface area contributed by atoms with Crippen molar-refractivity contribution >= 4 is 29.0 Å². The summed E-state index contributed by atoms with van der Waals surface area (Å²) in [5, 5.41) is 20.4. The van der Waals surface area contributed by atoms with Gasteiger partial charge in [-0.3, -0.25) is 4.79 Å². The number of rotatable bonds is 6. The normalized spacial score (nSPS) is 12.2. The molecule has 5 nitrogen and oxygen atoms in total. The van der Waals surface area contributed by atoms with Crippen molar-refractivity contribution in [1.29, 1.82) is 0 Å². The van der Waals surface area contributed by atoms with Gasteiger partial charge < -0.3 is 21.3 Å². The fourth-order valence-electron chi connectivity index (χ4n) is 1.26. The molecule has 0 aromatic heterocycles. The van der Waals surface area contributed by atoms with Gasteiger partial charge in [0, 0.05) is 17.1 Å². The molecule has 1 amide bonds. The van der Waals surface area contributed by atoms with Crippen LogP contribution in [0.2, 0.25) is 0 Å². The number of nitrogens with two attached hydrogens (primary N) is 1. The number of nitrogens with one attached hydrogen (secondary N) is 1. The third kappa shape index (κ3) is 4.95. The minimum absolute atomic E-state index is 0.159. The number of anilines is 2. The Morgan fingerprint density at radius 2 is 2.28 bits per heavy atom. The van der Waals surface area contributed by atoms with Crippen LogP contribution in [0.4, 0.5) is 11.4 Å². The van der Waals surface area contributed by atoms with Gasteiger partial charge in [0.1, 0.15) is 0 Å². The number of carbonyl (C=O) groups excluding carboxylic acids is 1. The molecule has 1 atom stereocenters. The van der Waals surface area contributed by atoms with Crippen LogP contribution in [0.25, 0.3) is 0 Å². The highest BCUT2D eigenvalue weighted by Gasteiger charge is 2.06. The molecule has 6 heteroatoms. The number of aryl methyl sites for hydroxylation is 1. The highest BCUT2D eigenvalue weighted by molar-refractivity contribution is 8.00. The standard InChI is InChI=1S/C12H18N2O3S/c1-8-2-3-9(4-11(8)13)14-12(17)7-18-6-10(16)5-15/h2-4,10,15-16H,5-7,13H2,1H3,(H,14,17). The van der Waals surface area contributed by atoms with Crippen molar-refractivity contribution in [3.63, 3.8) is 0 Å². The van der Waals surface area contributed by atoms with E-state index in [1.807, 2.05) is 13.0 Å². The van der Waals surface area contributed by atoms with E-state index in [9.17, 15) is 4.79 Å². The lowest BCUT2D eigenvalue weighted by molar-refractivity contribution is -0.113. The number of nitrogen functional groups attached to an aromatic ring is 1. The first-order chi connectivity index (χ1) is 8.52. The van der Waals surface area contributed by atoms with E-state index in [-0.39, 0.29) is 18.3 Å². The average molecular weight is 270 g/mol. The van der Waals surface area contributed by atoms with Gasteiger partial charge in [-0.05, 0) is 24.6 Å². The Kier molecular flexibility index (Phi) is 5.97. The molecule has 18 heavy (non-hydrogen) atoms. The van der Waals surface area contributed by atoms with Crippen molar-refractivity contribution in [2.45, 2.75) is 13.0 Å². The molecule has 0 radical (unpaired) electrons. The van der Waals surface area contributed by atoms with Crippen LogP contribution < -0.4 is 11.1 Å². The maximum absolute atomic E-state index is 11.6. The number of amides is 1. The fraction of sp³-hybridized carbons (Fsp3) is 0.417. The first-order valence-electron chi connectivity index (χ1n) is 5.55. The van der Waals surface area contributed by atoms with E-state index in [4.69, 9.17) is 15.9 Å². The Labute approximate surface area is 110 Å². The lowest BCUT2D eigenvalue weighted by Gasteiger charge is -2.08. The first-order valence-corrected chi connectivity index (χ1v) is 6.71. The van der Waals surface area contributed by atoms with Crippen molar-refractivity contribution in [2.24, 2.45) is 0 Å². The Morgan fingerprint density at radius 3 is 2.89 bits per heavy atom. The van der Waals surface area contributed by atoms with Crippen LogP contribution in [-0.4, -0.2) is 40.3 Å². The summed E-state index contributed by atoms with van der Waals surface area (Å²) in [5.41, 5.74) is 8.00. The largest absolute Gasteiger partial charge is 0.398 e. The monoisotopic (exact) mass is 270 g/mol. The van der Waals surface area contributed by atoms with Crippen LogP contribution in [0.15, 0.2) is 18.2 Å². The molecule has 0 aliphatic rings. The molecule has 0 bridgehead atoms. The molecule has 5 N–H and O–H groups in total. The summed E-state index contributed by atoms with van der Waals surface area (Å²) >= 11 is 1.27. The van der Waals surface area contributed by atoms with Crippen molar-refractivity contribution in [3.8, 4) is 0 Å². The van der Waals surface area contributed by atoms with Crippen molar-refractivity contribution in [1.82, 2.24) is 0 Å². The van der Waals surface area contributed by atoms with Gasteiger partial charge in [0.05, 0.1) is 18.5 Å². The minimum Gasteiger partial charge on any atom is -0.398 e. The third-order valence-corrected chi connectivity index (χ3v) is 3.40. The number of aliphatic hydroxyl groups excluding tert-OH is 2. The van der Waals surface area contributed by atoms with Gasteiger partial charge in [-0.1, -0.05) is 6.07 Å². The molecular weight excluding hydrogens is 252 g/mol. The maximum atomic E-state index is 11.6. The van der Waals surface area contributed by atoms with Crippen LogP contribution in [0, 0.1) is 6.92 Å². The second-order valence-corrected chi connectivity index (χ2v) is 5.00. The molecule has 100 valence electrons. The van der Waals surface area contributed by atoms with Crippen LogP contribution >= 0.6 is 11.8 Å². The quantitative estimate of drug-likeness (QED) is 0.568. The van der Waals surface area contributed by atoms with E-state index in [1.54, 1.807) is 12.1 Å². The zero-order valence-electron chi connectivity index (χ0n) is 10.2. The van der Waals surface area contributed by atoms with Gasteiger partial charge in [0.15, 0.2) is 0 Å². The first kappa shape index (κ1) is 14.8. The van der Waals surface area contributed by atoms with E-state index >= 15 is 0 Å². The Bertz CT molecular complexity index is 412. The summed E-state index contributed by atoms with van der Waals surface area (Å²) < 4.78 is 0. The number of hydrogen-bond donors (Lipinski definition) is 4.